The number of alkyl halides is 2. The lowest BCUT2D eigenvalue weighted by molar-refractivity contribution is -0.0498. The molecule has 9 nitrogen and oxygen atoms in total. The van der Waals surface area contributed by atoms with E-state index in [0.717, 1.165) is 22.3 Å². The maximum atomic E-state index is 12.3. The van der Waals surface area contributed by atoms with Crippen molar-refractivity contribution in [3.05, 3.63) is 114 Å². The molecule has 0 aliphatic rings. The van der Waals surface area contributed by atoms with E-state index in [1.54, 1.807) is 53.4 Å². The fourth-order valence-corrected chi connectivity index (χ4v) is 4.83. The van der Waals surface area contributed by atoms with Gasteiger partial charge < -0.3 is 4.74 Å². The molecule has 4 rings (SSSR count). The van der Waals surface area contributed by atoms with Gasteiger partial charge in [-0.25, -0.2) is 13.2 Å². The highest BCUT2D eigenvalue weighted by atomic mass is 32.2. The van der Waals surface area contributed by atoms with E-state index in [2.05, 4.69) is 14.7 Å². The summed E-state index contributed by atoms with van der Waals surface area (Å²) in [6.45, 7) is 0.860. The van der Waals surface area contributed by atoms with E-state index < -0.39 is 26.7 Å². The third-order valence-corrected chi connectivity index (χ3v) is 7.99. The first-order valence-electron chi connectivity index (χ1n) is 12.0. The van der Waals surface area contributed by atoms with E-state index in [-0.39, 0.29) is 15.5 Å². The molecule has 4 N–H and O–H groups in total. The van der Waals surface area contributed by atoms with Gasteiger partial charge in [-0.2, -0.15) is 27.1 Å². The highest BCUT2D eigenvalue weighted by molar-refractivity contribution is 7.89. The van der Waals surface area contributed by atoms with Crippen molar-refractivity contribution in [1.29, 1.82) is 0 Å². The fourth-order valence-electron chi connectivity index (χ4n) is 3.41. The average Bonchev–Trinajstić information content (AvgIpc) is 2.94. The zero-order valence-corrected chi connectivity index (χ0v) is 23.7. The number of hydrazine groups is 1. The molecule has 216 valence electrons. The Bertz CT molecular complexity index is 1680. The molecule has 4 aromatic rings. The monoisotopic (exact) mass is 602 g/mol. The lowest BCUT2D eigenvalue weighted by atomic mass is 10.0. The molecule has 0 heterocycles. The van der Waals surface area contributed by atoms with Crippen LogP contribution < -0.4 is 20.2 Å². The van der Waals surface area contributed by atoms with Crippen LogP contribution in [-0.4, -0.2) is 29.7 Å². The lowest BCUT2D eigenvalue weighted by Crippen LogP contribution is -2.30. The van der Waals surface area contributed by atoms with E-state index in [0.29, 0.717) is 5.56 Å². The number of ether oxygens (including phenoxy) is 1. The van der Waals surface area contributed by atoms with E-state index in [1.807, 2.05) is 26.0 Å². The second kappa shape index (κ2) is 13.9. The van der Waals surface area contributed by atoms with Gasteiger partial charge in [0.05, 0.1) is 16.0 Å². The highest BCUT2D eigenvalue weighted by Crippen LogP contribution is 2.25. The van der Waals surface area contributed by atoms with Crippen LogP contribution in [0.15, 0.2) is 112 Å². The molecular weight excluding hydrogens is 574 g/mol. The summed E-state index contributed by atoms with van der Waals surface area (Å²) < 4.78 is 75.7. The third-order valence-electron chi connectivity index (χ3n) is 5.55. The molecule has 0 unspecified atom stereocenters. The minimum Gasteiger partial charge on any atom is -0.435 e. The fraction of sp³-hybridized carbons (Fsp3) is 0.107. The Morgan fingerprint density at radius 1 is 0.756 bits per heavy atom. The first-order chi connectivity index (χ1) is 19.4. The Hall–Kier alpha value is -4.17. The second-order valence-electron chi connectivity index (χ2n) is 8.59. The van der Waals surface area contributed by atoms with Crippen molar-refractivity contribution in [3.63, 3.8) is 0 Å². The highest BCUT2D eigenvalue weighted by Gasteiger charge is 2.12. The largest absolute Gasteiger partial charge is 0.435 e. The standard InChI is InChI=1S/C21H18F2N2O3S.C7H10N2O2S/c1-15-6-12-19(13-7-15)29(26,27)25-24-14-17-4-2-3-5-20(17)16-8-10-18(11-9-16)28-21(22)23;1-6-2-4-7(5-3-6)12(10,11)9-8/h2-14,21,25H,1H3;2-5,9H,8H2,1H3. The summed E-state index contributed by atoms with van der Waals surface area (Å²) in [6, 6.07) is 26.2. The summed E-state index contributed by atoms with van der Waals surface area (Å²) in [5, 5.41) is 3.87. The summed E-state index contributed by atoms with van der Waals surface area (Å²) in [6.07, 6.45) is 1.39. The number of hydrogen-bond donors (Lipinski definition) is 3. The molecule has 0 aliphatic heterocycles. The summed E-state index contributed by atoms with van der Waals surface area (Å²) in [7, 11) is -7.26. The maximum Gasteiger partial charge on any atom is 0.387 e. The van der Waals surface area contributed by atoms with Gasteiger partial charge in [-0.05, 0) is 61.4 Å². The number of rotatable bonds is 9. The molecule has 0 saturated heterocycles. The van der Waals surface area contributed by atoms with Gasteiger partial charge in [0, 0.05) is 5.56 Å². The molecule has 0 aromatic heterocycles. The van der Waals surface area contributed by atoms with Crippen LogP contribution in [0.5, 0.6) is 5.75 Å². The van der Waals surface area contributed by atoms with Crippen LogP contribution in [-0.2, 0) is 20.0 Å². The van der Waals surface area contributed by atoms with Crippen LogP contribution in [0.3, 0.4) is 0 Å². The minimum atomic E-state index is -3.78. The number of nitrogens with zero attached hydrogens (tertiary/aromatic N) is 1. The average molecular weight is 603 g/mol. The van der Waals surface area contributed by atoms with E-state index >= 15 is 0 Å². The van der Waals surface area contributed by atoms with Crippen LogP contribution in [0.2, 0.25) is 0 Å². The van der Waals surface area contributed by atoms with Gasteiger partial charge in [0.15, 0.2) is 0 Å². The zero-order chi connectivity index (χ0) is 30.0. The minimum absolute atomic E-state index is 0.0563. The van der Waals surface area contributed by atoms with Crippen LogP contribution >= 0.6 is 0 Å². The van der Waals surface area contributed by atoms with Crippen molar-refractivity contribution >= 4 is 26.3 Å². The molecule has 0 saturated carbocycles. The first kappa shape index (κ1) is 31.4. The van der Waals surface area contributed by atoms with Gasteiger partial charge in [0.25, 0.3) is 20.0 Å². The molecule has 0 amide bonds. The van der Waals surface area contributed by atoms with Gasteiger partial charge in [0.1, 0.15) is 5.75 Å². The van der Waals surface area contributed by atoms with Crippen LogP contribution in [0, 0.1) is 13.8 Å². The molecular formula is C28H28F2N4O5S2. The van der Waals surface area contributed by atoms with Gasteiger partial charge >= 0.3 is 6.61 Å². The van der Waals surface area contributed by atoms with Crippen molar-refractivity contribution in [2.45, 2.75) is 30.2 Å². The number of sulfonamides is 2. The van der Waals surface area contributed by atoms with Gasteiger partial charge in [-0.15, -0.1) is 0 Å². The predicted octanol–water partition coefficient (Wildman–Crippen LogP) is 4.72. The number of nitrogens with two attached hydrogens (primary N) is 1. The molecule has 0 fully saturated rings. The lowest BCUT2D eigenvalue weighted by Gasteiger charge is -2.08. The SMILES string of the molecule is Cc1ccc(S(=O)(=O)NN)cc1.Cc1ccc(S(=O)(=O)NN=Cc2ccccc2-c2ccc(OC(F)F)cc2)cc1. The smallest absolute Gasteiger partial charge is 0.387 e. The first-order valence-corrected chi connectivity index (χ1v) is 14.9. The number of nitrogens with one attached hydrogen (secondary N) is 2. The summed E-state index contributed by atoms with van der Waals surface area (Å²) in [4.78, 5) is 4.23. The second-order valence-corrected chi connectivity index (χ2v) is 12.0. The Morgan fingerprint density at radius 2 is 1.27 bits per heavy atom. The summed E-state index contributed by atoms with van der Waals surface area (Å²) >= 11 is 0. The van der Waals surface area contributed by atoms with Crippen molar-refractivity contribution in [3.8, 4) is 16.9 Å². The van der Waals surface area contributed by atoms with Crippen LogP contribution in [0.1, 0.15) is 16.7 Å². The Balaban J connectivity index is 0.000000322. The predicted molar refractivity (Wildman–Crippen MR) is 153 cm³/mol. The van der Waals surface area contributed by atoms with Crippen molar-refractivity contribution in [2.75, 3.05) is 0 Å². The summed E-state index contributed by atoms with van der Waals surface area (Å²) in [5.74, 6) is 4.89. The van der Waals surface area contributed by atoms with Crippen molar-refractivity contribution in [1.82, 2.24) is 9.66 Å². The number of hydrazone groups is 1. The van der Waals surface area contributed by atoms with E-state index in [1.165, 1.54) is 42.6 Å². The van der Waals surface area contributed by atoms with E-state index in [4.69, 9.17) is 5.84 Å². The van der Waals surface area contributed by atoms with Gasteiger partial charge in [-0.1, -0.05) is 71.8 Å². The Morgan fingerprint density at radius 3 is 1.78 bits per heavy atom. The molecule has 0 atom stereocenters. The zero-order valence-electron chi connectivity index (χ0n) is 22.0. The van der Waals surface area contributed by atoms with Gasteiger partial charge in [-0.3, -0.25) is 5.84 Å². The number of benzene rings is 4. The number of halogens is 2. The number of aryl methyl sites for hydroxylation is 2. The van der Waals surface area contributed by atoms with Crippen molar-refractivity contribution in [2.24, 2.45) is 10.9 Å². The Kier molecular flexibility index (Phi) is 10.7. The van der Waals surface area contributed by atoms with Gasteiger partial charge in [0.2, 0.25) is 0 Å². The third kappa shape index (κ3) is 9.18. The van der Waals surface area contributed by atoms with Crippen LogP contribution in [0.4, 0.5) is 8.78 Å². The molecule has 0 spiro atoms. The molecule has 41 heavy (non-hydrogen) atoms. The molecule has 13 heteroatoms. The topological polar surface area (TPSA) is 140 Å². The van der Waals surface area contributed by atoms with Crippen molar-refractivity contribution < 1.29 is 30.4 Å². The molecule has 0 bridgehead atoms. The molecule has 4 aromatic carbocycles. The maximum absolute atomic E-state index is 12.3. The summed E-state index contributed by atoms with van der Waals surface area (Å²) in [5.41, 5.74) is 4.11. The quantitative estimate of drug-likeness (QED) is 0.144. The van der Waals surface area contributed by atoms with Crippen LogP contribution in [0.25, 0.3) is 11.1 Å². The normalized spacial score (nSPS) is 11.7. The molecule has 0 radical (unpaired) electrons. The Labute approximate surface area is 237 Å². The van der Waals surface area contributed by atoms with E-state index in [9.17, 15) is 25.6 Å². The number of hydrogen-bond acceptors (Lipinski definition) is 7. The molecule has 0 aliphatic carbocycles.